The number of methoxy groups -OCH3 is 2. The van der Waals surface area contributed by atoms with Gasteiger partial charge in [0, 0.05) is 18.5 Å². The van der Waals surface area contributed by atoms with Crippen molar-refractivity contribution < 1.29 is 14.6 Å². The molecule has 1 aromatic heterocycles. The van der Waals surface area contributed by atoms with Gasteiger partial charge in [0.1, 0.15) is 11.5 Å². The second-order valence-corrected chi connectivity index (χ2v) is 4.56. The van der Waals surface area contributed by atoms with Crippen molar-refractivity contribution >= 4 is 0 Å². The number of hydrogen-bond acceptors (Lipinski definition) is 4. The third kappa shape index (κ3) is 3.71. The second-order valence-electron chi connectivity index (χ2n) is 4.56. The van der Waals surface area contributed by atoms with Crippen molar-refractivity contribution in [2.45, 2.75) is 18.9 Å². The molecular weight excluding hydrogens is 254 g/mol. The molecule has 0 bridgehead atoms. The van der Waals surface area contributed by atoms with E-state index in [1.807, 2.05) is 30.5 Å². The van der Waals surface area contributed by atoms with E-state index >= 15 is 0 Å². The summed E-state index contributed by atoms with van der Waals surface area (Å²) in [4.78, 5) is 4.07. The first-order valence-electron chi connectivity index (χ1n) is 6.53. The van der Waals surface area contributed by atoms with Crippen LogP contribution in [0.2, 0.25) is 0 Å². The zero-order valence-corrected chi connectivity index (χ0v) is 11.7. The molecule has 0 radical (unpaired) electrons. The van der Waals surface area contributed by atoms with Crippen LogP contribution in [0.25, 0.3) is 0 Å². The molecule has 1 N–H and O–H groups in total. The van der Waals surface area contributed by atoms with Gasteiger partial charge in [0.15, 0.2) is 0 Å². The van der Waals surface area contributed by atoms with Crippen molar-refractivity contribution in [2.75, 3.05) is 14.2 Å². The molecule has 0 fully saturated rings. The van der Waals surface area contributed by atoms with Crippen molar-refractivity contribution in [3.63, 3.8) is 0 Å². The molecule has 0 amide bonds. The van der Waals surface area contributed by atoms with E-state index in [-0.39, 0.29) is 0 Å². The van der Waals surface area contributed by atoms with Gasteiger partial charge in [-0.05, 0) is 42.2 Å². The fourth-order valence-electron chi connectivity index (χ4n) is 2.04. The lowest BCUT2D eigenvalue weighted by Crippen LogP contribution is -2.01. The first-order valence-corrected chi connectivity index (χ1v) is 6.53. The van der Waals surface area contributed by atoms with E-state index in [2.05, 4.69) is 4.98 Å². The Hall–Kier alpha value is -2.07. The first kappa shape index (κ1) is 14.3. The zero-order valence-electron chi connectivity index (χ0n) is 11.7. The summed E-state index contributed by atoms with van der Waals surface area (Å²) >= 11 is 0. The second kappa shape index (κ2) is 6.91. The zero-order chi connectivity index (χ0) is 14.4. The van der Waals surface area contributed by atoms with Crippen LogP contribution in [0.1, 0.15) is 23.7 Å². The molecule has 4 heteroatoms. The average molecular weight is 273 g/mol. The molecule has 0 spiro atoms. The molecule has 0 aliphatic heterocycles. The van der Waals surface area contributed by atoms with Gasteiger partial charge < -0.3 is 14.6 Å². The van der Waals surface area contributed by atoms with Crippen LogP contribution in [-0.2, 0) is 6.42 Å². The summed E-state index contributed by atoms with van der Waals surface area (Å²) < 4.78 is 10.4. The van der Waals surface area contributed by atoms with Gasteiger partial charge in [-0.15, -0.1) is 0 Å². The summed E-state index contributed by atoms with van der Waals surface area (Å²) in [7, 11) is 3.20. The van der Waals surface area contributed by atoms with E-state index < -0.39 is 6.10 Å². The monoisotopic (exact) mass is 273 g/mol. The number of pyridine rings is 1. The van der Waals surface area contributed by atoms with Gasteiger partial charge >= 0.3 is 0 Å². The van der Waals surface area contributed by atoms with Crippen LogP contribution in [-0.4, -0.2) is 24.3 Å². The quantitative estimate of drug-likeness (QED) is 0.879. The van der Waals surface area contributed by atoms with Crippen LogP contribution in [0, 0.1) is 0 Å². The molecule has 0 saturated heterocycles. The minimum Gasteiger partial charge on any atom is -0.497 e. The lowest BCUT2D eigenvalue weighted by Gasteiger charge is -2.14. The Labute approximate surface area is 119 Å². The third-order valence-electron chi connectivity index (χ3n) is 3.19. The first-order chi connectivity index (χ1) is 9.72. The van der Waals surface area contributed by atoms with Gasteiger partial charge in [-0.1, -0.05) is 6.07 Å². The Morgan fingerprint density at radius 3 is 2.40 bits per heavy atom. The predicted molar refractivity (Wildman–Crippen MR) is 77.1 cm³/mol. The Bertz CT molecular complexity index is 520. The summed E-state index contributed by atoms with van der Waals surface area (Å²) in [6.07, 6.45) is 4.40. The Balaban J connectivity index is 2.06. The fraction of sp³-hybridized carbons (Fsp3) is 0.312. The average Bonchev–Trinajstić information content (AvgIpc) is 2.52. The van der Waals surface area contributed by atoms with Gasteiger partial charge in [-0.2, -0.15) is 0 Å². The molecule has 1 aromatic carbocycles. The maximum Gasteiger partial charge on any atom is 0.122 e. The highest BCUT2D eigenvalue weighted by atomic mass is 16.5. The number of aryl methyl sites for hydroxylation is 1. The van der Waals surface area contributed by atoms with E-state index in [0.29, 0.717) is 17.9 Å². The number of hydrogen-bond donors (Lipinski definition) is 1. The van der Waals surface area contributed by atoms with Crippen molar-refractivity contribution in [1.82, 2.24) is 4.98 Å². The number of aliphatic hydroxyl groups is 1. The van der Waals surface area contributed by atoms with Crippen LogP contribution >= 0.6 is 0 Å². The van der Waals surface area contributed by atoms with Gasteiger partial charge in [0.05, 0.1) is 20.3 Å². The topological polar surface area (TPSA) is 51.6 Å². The summed E-state index contributed by atoms with van der Waals surface area (Å²) in [5, 5.41) is 10.3. The van der Waals surface area contributed by atoms with Crippen LogP contribution in [0.15, 0.2) is 42.7 Å². The molecule has 0 aliphatic rings. The van der Waals surface area contributed by atoms with Gasteiger partial charge in [-0.3, -0.25) is 4.98 Å². The highest BCUT2D eigenvalue weighted by molar-refractivity contribution is 5.39. The van der Waals surface area contributed by atoms with Crippen LogP contribution < -0.4 is 9.47 Å². The Morgan fingerprint density at radius 2 is 1.85 bits per heavy atom. The molecule has 1 unspecified atom stereocenters. The van der Waals surface area contributed by atoms with Crippen LogP contribution in [0.5, 0.6) is 11.5 Å². The van der Waals surface area contributed by atoms with Crippen molar-refractivity contribution in [3.05, 3.63) is 53.9 Å². The van der Waals surface area contributed by atoms with Crippen LogP contribution in [0.4, 0.5) is 0 Å². The molecule has 2 aromatic rings. The van der Waals surface area contributed by atoms with Crippen molar-refractivity contribution in [2.24, 2.45) is 0 Å². The smallest absolute Gasteiger partial charge is 0.122 e. The number of benzene rings is 1. The van der Waals surface area contributed by atoms with Gasteiger partial charge in [-0.25, -0.2) is 0 Å². The molecule has 0 saturated carbocycles. The third-order valence-corrected chi connectivity index (χ3v) is 3.19. The van der Waals surface area contributed by atoms with Gasteiger partial charge in [0.2, 0.25) is 0 Å². The number of ether oxygens (including phenoxy) is 2. The van der Waals surface area contributed by atoms with E-state index in [4.69, 9.17) is 9.47 Å². The maximum absolute atomic E-state index is 10.3. The molecule has 20 heavy (non-hydrogen) atoms. The standard InChI is InChI=1S/C16H19NO3/c1-19-14-8-13(9-15(10-14)20-2)16(18)6-5-12-4-3-7-17-11-12/h3-4,7-11,16,18H,5-6H2,1-2H3. The minimum atomic E-state index is -0.556. The predicted octanol–water partition coefficient (Wildman–Crippen LogP) is 2.77. The SMILES string of the molecule is COc1cc(OC)cc(C(O)CCc2cccnc2)c1. The molecule has 1 atom stereocenters. The molecule has 4 nitrogen and oxygen atoms in total. The fourth-order valence-corrected chi connectivity index (χ4v) is 2.04. The summed E-state index contributed by atoms with van der Waals surface area (Å²) in [5.41, 5.74) is 1.91. The van der Waals surface area contributed by atoms with Crippen LogP contribution in [0.3, 0.4) is 0 Å². The number of aromatic nitrogens is 1. The molecule has 2 rings (SSSR count). The van der Waals surface area contributed by atoms with Crippen molar-refractivity contribution in [3.8, 4) is 11.5 Å². The lowest BCUT2D eigenvalue weighted by molar-refractivity contribution is 0.167. The highest BCUT2D eigenvalue weighted by Crippen LogP contribution is 2.28. The highest BCUT2D eigenvalue weighted by Gasteiger charge is 2.11. The number of rotatable bonds is 6. The number of nitrogens with zero attached hydrogens (tertiary/aromatic N) is 1. The Kier molecular flexibility index (Phi) is 4.96. The normalized spacial score (nSPS) is 11.9. The largest absolute Gasteiger partial charge is 0.497 e. The molecular formula is C16H19NO3. The summed E-state index contributed by atoms with van der Waals surface area (Å²) in [5.74, 6) is 1.36. The maximum atomic E-state index is 10.3. The van der Waals surface area contributed by atoms with E-state index in [1.165, 1.54) is 0 Å². The van der Waals surface area contributed by atoms with E-state index in [1.54, 1.807) is 26.5 Å². The lowest BCUT2D eigenvalue weighted by atomic mass is 10.0. The number of aliphatic hydroxyl groups excluding tert-OH is 1. The summed E-state index contributed by atoms with van der Waals surface area (Å²) in [6, 6.07) is 9.35. The van der Waals surface area contributed by atoms with E-state index in [9.17, 15) is 5.11 Å². The summed E-state index contributed by atoms with van der Waals surface area (Å²) in [6.45, 7) is 0. The Morgan fingerprint density at radius 1 is 1.15 bits per heavy atom. The molecule has 0 aliphatic carbocycles. The van der Waals surface area contributed by atoms with Crippen molar-refractivity contribution in [1.29, 1.82) is 0 Å². The molecule has 1 heterocycles. The molecule has 106 valence electrons. The minimum absolute atomic E-state index is 0.556. The van der Waals surface area contributed by atoms with Gasteiger partial charge in [0.25, 0.3) is 0 Å². The van der Waals surface area contributed by atoms with E-state index in [0.717, 1.165) is 17.5 Å².